The number of carbonyl (C=O) groups is 3. The first-order chi connectivity index (χ1) is 27.2. The van der Waals surface area contributed by atoms with Crippen LogP contribution in [0.1, 0.15) is 91.6 Å². The van der Waals surface area contributed by atoms with Crippen molar-refractivity contribution in [1.82, 2.24) is 14.5 Å². The molecule has 1 aromatic heterocycles. The van der Waals surface area contributed by atoms with Crippen molar-refractivity contribution >= 4 is 45.0 Å². The number of anilines is 1. The lowest BCUT2D eigenvalue weighted by Crippen LogP contribution is -2.46. The Bertz CT molecular complexity index is 2130. The Balaban J connectivity index is 1.49. The maximum Gasteiger partial charge on any atom is 0.323 e. The molecule has 2 aliphatic heterocycles. The lowest BCUT2D eigenvalue weighted by atomic mass is 9.70. The topological polar surface area (TPSA) is 167 Å². The van der Waals surface area contributed by atoms with E-state index in [4.69, 9.17) is 31.5 Å². The van der Waals surface area contributed by atoms with Gasteiger partial charge >= 0.3 is 5.97 Å². The molecule has 3 aromatic rings. The van der Waals surface area contributed by atoms with Crippen molar-refractivity contribution in [2.45, 2.75) is 90.2 Å². The molecule has 2 bridgehead atoms. The number of nitrogens with two attached hydrogens (primary N) is 1. The average molecular weight is 823 g/mol. The summed E-state index contributed by atoms with van der Waals surface area (Å²) in [5.41, 5.74) is 9.46. The molecule has 3 aliphatic rings. The van der Waals surface area contributed by atoms with Crippen LogP contribution in [-0.2, 0) is 39.5 Å². The van der Waals surface area contributed by atoms with E-state index in [1.807, 2.05) is 45.1 Å². The predicted octanol–water partition coefficient (Wildman–Crippen LogP) is 6.66. The number of benzene rings is 2. The number of carbonyl (C=O) groups excluding carboxylic acids is 3. The zero-order chi connectivity index (χ0) is 41.0. The number of esters is 1. The van der Waals surface area contributed by atoms with Gasteiger partial charge in [0, 0.05) is 42.8 Å². The Morgan fingerprint density at radius 3 is 2.61 bits per heavy atom. The summed E-state index contributed by atoms with van der Waals surface area (Å²) in [5.74, 6) is -1.62. The van der Waals surface area contributed by atoms with Gasteiger partial charge in [-0.3, -0.25) is 23.8 Å². The number of ether oxygens (including phenoxy) is 3. The Morgan fingerprint density at radius 2 is 1.89 bits per heavy atom. The Hall–Kier alpha value is -4.40. The minimum atomic E-state index is -3.79. The Labute approximate surface area is 340 Å². The van der Waals surface area contributed by atoms with Gasteiger partial charge in [-0.15, -0.1) is 9.46 Å². The Morgan fingerprint density at radius 1 is 1.11 bits per heavy atom. The van der Waals surface area contributed by atoms with Crippen LogP contribution in [0.15, 0.2) is 59.1 Å². The molecule has 13 nitrogen and oxygen atoms in total. The highest BCUT2D eigenvalue weighted by atomic mass is 35.5. The molecule has 2 aromatic carbocycles. The van der Waals surface area contributed by atoms with Crippen molar-refractivity contribution in [1.29, 1.82) is 0 Å². The number of hydrogen-bond acceptors (Lipinski definition) is 10. The molecule has 3 heterocycles. The van der Waals surface area contributed by atoms with E-state index in [1.165, 1.54) is 18.0 Å². The van der Waals surface area contributed by atoms with E-state index in [0.29, 0.717) is 42.6 Å². The van der Waals surface area contributed by atoms with Crippen LogP contribution in [0.2, 0.25) is 5.02 Å². The Kier molecular flexibility index (Phi) is 13.4. The molecule has 15 heteroatoms. The number of nitrogens with one attached hydrogen (secondary N) is 1. The third kappa shape index (κ3) is 9.67. The van der Waals surface area contributed by atoms with Gasteiger partial charge in [-0.25, -0.2) is 4.21 Å². The summed E-state index contributed by atoms with van der Waals surface area (Å²) in [6.07, 6.45) is 9.44. The maximum atomic E-state index is 15.1. The molecule has 57 heavy (non-hydrogen) atoms. The molecule has 3 N–H and O–H groups in total. The van der Waals surface area contributed by atoms with E-state index < -0.39 is 45.1 Å². The largest absolute Gasteiger partial charge is 0.491 e. The molecule has 0 spiro atoms. The first-order valence-corrected chi connectivity index (χ1v) is 21.7. The summed E-state index contributed by atoms with van der Waals surface area (Å²) in [5, 5.41) is 4.02. The number of amides is 2. The van der Waals surface area contributed by atoms with Gasteiger partial charge in [0.15, 0.2) is 0 Å². The fourth-order valence-electron chi connectivity index (χ4n) is 7.62. The molecule has 0 radical (unpaired) electrons. The van der Waals surface area contributed by atoms with E-state index in [-0.39, 0.29) is 40.7 Å². The van der Waals surface area contributed by atoms with Crippen molar-refractivity contribution in [3.05, 3.63) is 82.0 Å². The van der Waals surface area contributed by atoms with E-state index in [9.17, 15) is 14.4 Å². The van der Waals surface area contributed by atoms with Gasteiger partial charge in [-0.05, 0) is 111 Å². The van der Waals surface area contributed by atoms with Gasteiger partial charge in [-0.1, -0.05) is 44.5 Å². The number of halogens is 1. The van der Waals surface area contributed by atoms with Crippen molar-refractivity contribution < 1.29 is 32.8 Å². The number of aromatic nitrogens is 2. The zero-order valence-electron chi connectivity index (χ0n) is 33.6. The summed E-state index contributed by atoms with van der Waals surface area (Å²) in [7, 11) is -0.766. The van der Waals surface area contributed by atoms with Gasteiger partial charge in [0.1, 0.15) is 33.4 Å². The number of aryl methyl sites for hydroxylation is 2. The van der Waals surface area contributed by atoms with Gasteiger partial charge < -0.3 is 24.8 Å². The molecule has 1 fully saturated rings. The van der Waals surface area contributed by atoms with Gasteiger partial charge in [0.05, 0.1) is 24.7 Å². The highest BCUT2D eigenvalue weighted by molar-refractivity contribution is 7.93. The highest BCUT2D eigenvalue weighted by Gasteiger charge is 2.40. The van der Waals surface area contributed by atoms with Crippen LogP contribution in [-0.4, -0.2) is 69.4 Å². The number of rotatable bonds is 6. The quantitative estimate of drug-likeness (QED) is 0.203. The second kappa shape index (κ2) is 18.0. The summed E-state index contributed by atoms with van der Waals surface area (Å²) in [6.45, 7) is 8.90. The van der Waals surface area contributed by atoms with Crippen molar-refractivity contribution in [3.63, 3.8) is 0 Å². The van der Waals surface area contributed by atoms with Crippen LogP contribution in [0.4, 0.5) is 5.69 Å². The van der Waals surface area contributed by atoms with Crippen LogP contribution in [0, 0.1) is 23.7 Å². The SMILES string of the molecule is COc1nn(C)cc1C(=O)NS1(=O)=NC(=O)c2ccc3c(c2)N(Cc2ccc(Cl)cc2CCCCO3)C[C@@H]2CC[C@H]2[C@@H](OC(=O)C(N)C(C)C)/C=C/C[C@H](C)[C@H]1C. The third-order valence-electron chi connectivity index (χ3n) is 11.6. The average Bonchev–Trinajstić information content (AvgIpc) is 3.54. The smallest absolute Gasteiger partial charge is 0.323 e. The molecular formula is C42H55ClN6O7S. The van der Waals surface area contributed by atoms with Crippen molar-refractivity contribution in [2.75, 3.05) is 25.2 Å². The second-order valence-electron chi connectivity index (χ2n) is 15.9. The van der Waals surface area contributed by atoms with Gasteiger partial charge in [0.2, 0.25) is 5.88 Å². The maximum absolute atomic E-state index is 15.1. The van der Waals surface area contributed by atoms with E-state index >= 15 is 4.21 Å². The lowest BCUT2D eigenvalue weighted by Gasteiger charge is -2.44. The molecule has 7 atom stereocenters. The number of hydrogen-bond donors (Lipinski definition) is 2. The third-order valence-corrected chi connectivity index (χ3v) is 14.2. The van der Waals surface area contributed by atoms with Crippen LogP contribution in [0.5, 0.6) is 11.6 Å². The molecule has 0 saturated heterocycles. The fraction of sp³-hybridized carbons (Fsp3) is 0.524. The lowest BCUT2D eigenvalue weighted by molar-refractivity contribution is -0.154. The van der Waals surface area contributed by atoms with Crippen molar-refractivity contribution in [3.8, 4) is 11.6 Å². The number of methoxy groups -OCH3 is 1. The van der Waals surface area contributed by atoms with Crippen LogP contribution >= 0.6 is 11.6 Å². The summed E-state index contributed by atoms with van der Waals surface area (Å²) >= 11 is 6.50. The molecule has 2 unspecified atom stereocenters. The molecular weight excluding hydrogens is 768 g/mol. The normalized spacial score (nSPS) is 26.6. The summed E-state index contributed by atoms with van der Waals surface area (Å²) in [4.78, 5) is 43.6. The van der Waals surface area contributed by atoms with Crippen molar-refractivity contribution in [2.24, 2.45) is 40.8 Å². The van der Waals surface area contributed by atoms with Gasteiger partial charge in [-0.2, -0.15) is 0 Å². The van der Waals surface area contributed by atoms with Crippen LogP contribution in [0.3, 0.4) is 0 Å². The van der Waals surface area contributed by atoms with E-state index in [0.717, 1.165) is 43.2 Å². The zero-order valence-corrected chi connectivity index (χ0v) is 35.2. The predicted molar refractivity (Wildman–Crippen MR) is 221 cm³/mol. The molecule has 6 rings (SSSR count). The minimum absolute atomic E-state index is 0.00442. The highest BCUT2D eigenvalue weighted by Crippen LogP contribution is 2.42. The first kappa shape index (κ1) is 42.2. The summed E-state index contributed by atoms with van der Waals surface area (Å²) < 4.78 is 41.3. The van der Waals surface area contributed by atoms with E-state index in [1.54, 1.807) is 32.2 Å². The number of allylic oxidation sites excluding steroid dienone is 1. The summed E-state index contributed by atoms with van der Waals surface area (Å²) in [6, 6.07) is 10.3. The number of fused-ring (bicyclic) bond motifs is 3. The molecule has 308 valence electrons. The second-order valence-corrected chi connectivity index (χ2v) is 18.6. The first-order valence-electron chi connectivity index (χ1n) is 19.8. The molecule has 2 amide bonds. The fourth-order valence-corrected chi connectivity index (χ4v) is 9.68. The van der Waals surface area contributed by atoms with E-state index in [2.05, 4.69) is 25.1 Å². The molecule has 1 saturated carbocycles. The standard InChI is InChI=1S/C42H55ClN6O7S/c1-25(2)38(44)42(52)56-36-12-9-10-26(3)27(4)57(53,47-40(51)34-24-48(5)45-41(34)54-6)46-39(50)29-15-18-37-35(21-29)49(23-31-14-17-33(31)36)22-30-13-16-32(43)20-28(30)11-7-8-19-55-37/h9,12-13,15-16,18,20-21,24-27,31,33,36,38H,7-8,10-11,14,17,19,22-23,44H2,1-6H3,(H,46,47,50,51,53)/b12-9+/t26-,27+,31-,33+,36-,38?,57?/m0/s1. The van der Waals surface area contributed by atoms with Gasteiger partial charge in [0.25, 0.3) is 11.8 Å². The van der Waals surface area contributed by atoms with Crippen LogP contribution in [0.25, 0.3) is 0 Å². The minimum Gasteiger partial charge on any atom is -0.491 e. The van der Waals surface area contributed by atoms with Crippen LogP contribution < -0.4 is 24.8 Å². The monoisotopic (exact) mass is 822 g/mol. The number of nitrogens with zero attached hydrogens (tertiary/aromatic N) is 4. The molecule has 1 aliphatic carbocycles.